The number of rotatable bonds is 5. The van der Waals surface area contributed by atoms with Gasteiger partial charge in [0.05, 0.1) is 0 Å². The average molecular weight is 272 g/mol. The summed E-state index contributed by atoms with van der Waals surface area (Å²) in [6.45, 7) is 3.29. The Labute approximate surface area is 121 Å². The maximum absolute atomic E-state index is 11.8. The number of nitrogens with zero attached hydrogens (tertiary/aromatic N) is 1. The van der Waals surface area contributed by atoms with E-state index in [1.807, 2.05) is 0 Å². The maximum Gasteiger partial charge on any atom is 0.223 e. The standard InChI is InChI=1S/C17H24N2O/c20-17(15-8-9-15)18-16-7-4-11-19(13-16)12-10-14-5-2-1-3-6-14/h1-3,5-6,15-16H,4,7-13H2,(H,18,20). The van der Waals surface area contributed by atoms with Crippen LogP contribution in [0.1, 0.15) is 31.2 Å². The molecule has 108 valence electrons. The summed E-state index contributed by atoms with van der Waals surface area (Å²) in [7, 11) is 0. The fraction of sp³-hybridized carbons (Fsp3) is 0.588. The van der Waals surface area contributed by atoms with Gasteiger partial charge in [0.15, 0.2) is 0 Å². The Morgan fingerprint density at radius 2 is 2.00 bits per heavy atom. The molecule has 1 aliphatic carbocycles. The summed E-state index contributed by atoms with van der Waals surface area (Å²) in [6.07, 6.45) is 5.63. The van der Waals surface area contributed by atoms with Crippen molar-refractivity contribution >= 4 is 5.91 Å². The number of piperidine rings is 1. The molecule has 2 aliphatic rings. The number of amides is 1. The highest BCUT2D eigenvalue weighted by atomic mass is 16.2. The van der Waals surface area contributed by atoms with E-state index in [1.165, 1.54) is 18.5 Å². The SMILES string of the molecule is O=C(NC1CCCN(CCc2ccccc2)C1)C1CC1. The van der Waals surface area contributed by atoms with Crippen molar-refractivity contribution in [2.24, 2.45) is 5.92 Å². The zero-order valence-electron chi connectivity index (χ0n) is 12.1. The van der Waals surface area contributed by atoms with Gasteiger partial charge in [-0.3, -0.25) is 4.79 Å². The number of carbonyl (C=O) groups excluding carboxylic acids is 1. The average Bonchev–Trinajstić information content (AvgIpc) is 3.31. The molecule has 1 N–H and O–H groups in total. The third kappa shape index (κ3) is 3.83. The van der Waals surface area contributed by atoms with Gasteiger partial charge in [0.2, 0.25) is 5.91 Å². The van der Waals surface area contributed by atoms with E-state index in [1.54, 1.807) is 0 Å². The van der Waals surface area contributed by atoms with Crippen LogP contribution in [0.25, 0.3) is 0 Å². The number of carbonyl (C=O) groups is 1. The number of hydrogen-bond donors (Lipinski definition) is 1. The summed E-state index contributed by atoms with van der Waals surface area (Å²) in [6, 6.07) is 11.0. The van der Waals surface area contributed by atoms with Gasteiger partial charge >= 0.3 is 0 Å². The van der Waals surface area contributed by atoms with Gasteiger partial charge in [0, 0.05) is 25.0 Å². The van der Waals surface area contributed by atoms with Crippen molar-refractivity contribution in [1.82, 2.24) is 10.2 Å². The first kappa shape index (κ1) is 13.6. The molecule has 2 fully saturated rings. The second kappa shape index (κ2) is 6.40. The van der Waals surface area contributed by atoms with Crippen LogP contribution in [0.2, 0.25) is 0 Å². The van der Waals surface area contributed by atoms with E-state index in [0.29, 0.717) is 17.9 Å². The second-order valence-electron chi connectivity index (χ2n) is 6.16. The van der Waals surface area contributed by atoms with Gasteiger partial charge in [-0.25, -0.2) is 0 Å². The number of benzene rings is 1. The van der Waals surface area contributed by atoms with Gasteiger partial charge in [0.25, 0.3) is 0 Å². The highest BCUT2D eigenvalue weighted by Gasteiger charge is 2.31. The first-order valence-corrected chi connectivity index (χ1v) is 7.88. The molecule has 0 aromatic heterocycles. The van der Waals surface area contributed by atoms with Gasteiger partial charge < -0.3 is 10.2 Å². The molecule has 1 saturated heterocycles. The number of hydrogen-bond acceptors (Lipinski definition) is 2. The van der Waals surface area contributed by atoms with Gasteiger partial charge in [-0.15, -0.1) is 0 Å². The maximum atomic E-state index is 11.8. The summed E-state index contributed by atoms with van der Waals surface area (Å²) < 4.78 is 0. The normalized spacial score (nSPS) is 23.5. The Kier molecular flexibility index (Phi) is 4.36. The summed E-state index contributed by atoms with van der Waals surface area (Å²) in [5, 5.41) is 3.23. The molecule has 3 rings (SSSR count). The van der Waals surface area contributed by atoms with E-state index in [0.717, 1.165) is 38.8 Å². The predicted octanol–water partition coefficient (Wildman–Crippen LogP) is 2.22. The zero-order chi connectivity index (χ0) is 13.8. The minimum absolute atomic E-state index is 0.292. The van der Waals surface area contributed by atoms with Crippen molar-refractivity contribution < 1.29 is 4.79 Å². The van der Waals surface area contributed by atoms with E-state index in [-0.39, 0.29) is 0 Å². The smallest absolute Gasteiger partial charge is 0.223 e. The van der Waals surface area contributed by atoms with Crippen molar-refractivity contribution in [3.05, 3.63) is 35.9 Å². The molecule has 3 nitrogen and oxygen atoms in total. The lowest BCUT2D eigenvalue weighted by atomic mass is 10.0. The van der Waals surface area contributed by atoms with Gasteiger partial charge in [-0.2, -0.15) is 0 Å². The van der Waals surface area contributed by atoms with E-state index < -0.39 is 0 Å². The van der Waals surface area contributed by atoms with E-state index >= 15 is 0 Å². The highest BCUT2D eigenvalue weighted by molar-refractivity contribution is 5.81. The molecule has 1 aromatic carbocycles. The summed E-state index contributed by atoms with van der Waals surface area (Å²) in [5.41, 5.74) is 1.40. The zero-order valence-corrected chi connectivity index (χ0v) is 12.1. The van der Waals surface area contributed by atoms with Crippen LogP contribution in [0.15, 0.2) is 30.3 Å². The second-order valence-corrected chi connectivity index (χ2v) is 6.16. The van der Waals surface area contributed by atoms with Crippen LogP contribution in [0.4, 0.5) is 0 Å². The molecule has 1 saturated carbocycles. The Morgan fingerprint density at radius 1 is 1.20 bits per heavy atom. The highest BCUT2D eigenvalue weighted by Crippen LogP contribution is 2.29. The van der Waals surface area contributed by atoms with Crippen LogP contribution >= 0.6 is 0 Å². The van der Waals surface area contributed by atoms with Crippen molar-refractivity contribution in [3.63, 3.8) is 0 Å². The van der Waals surface area contributed by atoms with Crippen molar-refractivity contribution in [3.8, 4) is 0 Å². The molecule has 0 spiro atoms. The van der Waals surface area contributed by atoms with Crippen LogP contribution < -0.4 is 5.32 Å². The molecule has 1 aromatic rings. The molecule has 20 heavy (non-hydrogen) atoms. The molecule has 1 unspecified atom stereocenters. The Hall–Kier alpha value is -1.35. The van der Waals surface area contributed by atoms with Crippen LogP contribution in [0.5, 0.6) is 0 Å². The van der Waals surface area contributed by atoms with Crippen LogP contribution in [-0.2, 0) is 11.2 Å². The fourth-order valence-electron chi connectivity index (χ4n) is 2.97. The van der Waals surface area contributed by atoms with Crippen molar-refractivity contribution in [2.75, 3.05) is 19.6 Å². The molecule has 1 amide bonds. The Morgan fingerprint density at radius 3 is 2.75 bits per heavy atom. The predicted molar refractivity (Wildman–Crippen MR) is 80.5 cm³/mol. The van der Waals surface area contributed by atoms with Gasteiger partial charge in [-0.05, 0) is 44.2 Å². The lowest BCUT2D eigenvalue weighted by Crippen LogP contribution is -2.48. The van der Waals surface area contributed by atoms with Crippen molar-refractivity contribution in [2.45, 2.75) is 38.1 Å². The number of likely N-dealkylation sites (tertiary alicyclic amines) is 1. The lowest BCUT2D eigenvalue weighted by Gasteiger charge is -2.33. The molecule has 3 heteroatoms. The quantitative estimate of drug-likeness (QED) is 0.891. The molecule has 1 atom stereocenters. The molecule has 1 heterocycles. The summed E-state index contributed by atoms with van der Waals surface area (Å²) in [4.78, 5) is 14.3. The Balaban J connectivity index is 1.44. The monoisotopic (exact) mass is 272 g/mol. The van der Waals surface area contributed by atoms with Gasteiger partial charge in [0.1, 0.15) is 0 Å². The van der Waals surface area contributed by atoms with Gasteiger partial charge in [-0.1, -0.05) is 30.3 Å². The molecular formula is C17H24N2O. The first-order valence-electron chi connectivity index (χ1n) is 7.88. The summed E-state index contributed by atoms with van der Waals surface area (Å²) >= 11 is 0. The molecule has 0 radical (unpaired) electrons. The molecular weight excluding hydrogens is 248 g/mol. The van der Waals surface area contributed by atoms with E-state index in [9.17, 15) is 4.79 Å². The first-order chi connectivity index (χ1) is 9.81. The lowest BCUT2D eigenvalue weighted by molar-refractivity contribution is -0.123. The molecule has 0 bridgehead atoms. The molecule has 1 aliphatic heterocycles. The van der Waals surface area contributed by atoms with E-state index in [2.05, 4.69) is 40.5 Å². The topological polar surface area (TPSA) is 32.3 Å². The summed E-state index contributed by atoms with van der Waals surface area (Å²) in [5.74, 6) is 0.620. The van der Waals surface area contributed by atoms with Crippen LogP contribution in [0, 0.1) is 5.92 Å². The van der Waals surface area contributed by atoms with Crippen molar-refractivity contribution in [1.29, 1.82) is 0 Å². The fourth-order valence-corrected chi connectivity index (χ4v) is 2.97. The largest absolute Gasteiger partial charge is 0.352 e. The third-order valence-electron chi connectivity index (χ3n) is 4.36. The minimum atomic E-state index is 0.292. The number of nitrogens with one attached hydrogen (secondary N) is 1. The van der Waals surface area contributed by atoms with Crippen LogP contribution in [0.3, 0.4) is 0 Å². The van der Waals surface area contributed by atoms with E-state index in [4.69, 9.17) is 0 Å². The Bertz CT molecular complexity index is 442. The minimum Gasteiger partial charge on any atom is -0.352 e. The van der Waals surface area contributed by atoms with Crippen LogP contribution in [-0.4, -0.2) is 36.5 Å². The third-order valence-corrected chi connectivity index (χ3v) is 4.36.